The monoisotopic (exact) mass is 191 g/mol. The van der Waals surface area contributed by atoms with Crippen molar-refractivity contribution in [2.24, 2.45) is 5.41 Å². The molecule has 1 spiro atoms. The van der Waals surface area contributed by atoms with Gasteiger partial charge in [-0.2, -0.15) is 0 Å². The lowest BCUT2D eigenvalue weighted by Gasteiger charge is -1.93. The van der Waals surface area contributed by atoms with Crippen LogP contribution in [0.5, 0.6) is 0 Å². The molecule has 0 amide bonds. The maximum atomic E-state index is 7.12. The van der Waals surface area contributed by atoms with E-state index in [-0.39, 0.29) is 17.0 Å². The minimum absolute atomic E-state index is 0. The zero-order chi connectivity index (χ0) is 5.61. The van der Waals surface area contributed by atoms with E-state index in [9.17, 15) is 0 Å². The standard InChI is InChI=1S/C6H9NO.BrH/c7-5-3-6(1-2-6)4-8-5;/h7H,1-4H2;1H. The van der Waals surface area contributed by atoms with E-state index in [0.29, 0.717) is 11.3 Å². The van der Waals surface area contributed by atoms with Crippen LogP contribution < -0.4 is 0 Å². The second kappa shape index (κ2) is 1.97. The van der Waals surface area contributed by atoms with Crippen molar-refractivity contribution in [3.63, 3.8) is 0 Å². The van der Waals surface area contributed by atoms with Crippen LogP contribution in [0, 0.1) is 10.8 Å². The van der Waals surface area contributed by atoms with Crippen LogP contribution in [0.1, 0.15) is 19.3 Å². The Bertz CT molecular complexity index is 142. The Balaban J connectivity index is 0.000000405. The molecule has 2 aliphatic rings. The lowest BCUT2D eigenvalue weighted by Crippen LogP contribution is -1.95. The molecule has 1 heterocycles. The normalized spacial score (nSPS) is 27.3. The molecule has 0 aromatic heterocycles. The summed E-state index contributed by atoms with van der Waals surface area (Å²) in [6.45, 7) is 0.825. The van der Waals surface area contributed by atoms with Crippen molar-refractivity contribution in [1.29, 1.82) is 5.41 Å². The van der Waals surface area contributed by atoms with Crippen LogP contribution in [0.3, 0.4) is 0 Å². The van der Waals surface area contributed by atoms with Crippen molar-refractivity contribution in [2.45, 2.75) is 19.3 Å². The third-order valence-electron chi connectivity index (χ3n) is 2.05. The Morgan fingerprint density at radius 2 is 2.11 bits per heavy atom. The molecule has 0 radical (unpaired) electrons. The molecule has 2 nitrogen and oxygen atoms in total. The van der Waals surface area contributed by atoms with Gasteiger partial charge in [0.25, 0.3) is 0 Å². The van der Waals surface area contributed by atoms with Crippen LogP contribution in [0.15, 0.2) is 0 Å². The number of hydrogen-bond acceptors (Lipinski definition) is 2. The molecule has 9 heavy (non-hydrogen) atoms. The van der Waals surface area contributed by atoms with Gasteiger partial charge in [0.2, 0.25) is 0 Å². The SMILES string of the molecule is Br.N=C1CC2(CC2)CO1. The second-order valence-corrected chi connectivity index (χ2v) is 2.89. The summed E-state index contributed by atoms with van der Waals surface area (Å²) in [7, 11) is 0. The largest absolute Gasteiger partial charge is 0.481 e. The van der Waals surface area contributed by atoms with Crippen molar-refractivity contribution in [2.75, 3.05) is 6.61 Å². The van der Waals surface area contributed by atoms with Gasteiger partial charge in [0.15, 0.2) is 5.90 Å². The molecule has 0 unspecified atom stereocenters. The van der Waals surface area contributed by atoms with Gasteiger partial charge in [-0.3, -0.25) is 5.41 Å². The highest BCUT2D eigenvalue weighted by molar-refractivity contribution is 8.93. The first-order chi connectivity index (χ1) is 3.81. The van der Waals surface area contributed by atoms with Gasteiger partial charge in [-0.25, -0.2) is 0 Å². The first kappa shape index (κ1) is 7.06. The predicted octanol–water partition coefficient (Wildman–Crippen LogP) is 1.74. The third-order valence-corrected chi connectivity index (χ3v) is 2.05. The Labute approximate surface area is 64.9 Å². The lowest BCUT2D eigenvalue weighted by molar-refractivity contribution is 0.288. The highest BCUT2D eigenvalue weighted by atomic mass is 79.9. The van der Waals surface area contributed by atoms with E-state index >= 15 is 0 Å². The summed E-state index contributed by atoms with van der Waals surface area (Å²) in [4.78, 5) is 0. The average Bonchev–Trinajstić information content (AvgIpc) is 2.34. The number of halogens is 1. The summed E-state index contributed by atoms with van der Waals surface area (Å²) >= 11 is 0. The second-order valence-electron chi connectivity index (χ2n) is 2.89. The number of hydrogen-bond donors (Lipinski definition) is 1. The van der Waals surface area contributed by atoms with E-state index in [1.54, 1.807) is 0 Å². The van der Waals surface area contributed by atoms with E-state index in [1.807, 2.05) is 0 Å². The quantitative estimate of drug-likeness (QED) is 0.622. The van der Waals surface area contributed by atoms with Gasteiger partial charge in [0, 0.05) is 11.8 Å². The summed E-state index contributed by atoms with van der Waals surface area (Å²) in [5.74, 6) is 0.502. The number of rotatable bonds is 0. The van der Waals surface area contributed by atoms with E-state index in [4.69, 9.17) is 10.1 Å². The molecule has 1 saturated carbocycles. The zero-order valence-corrected chi connectivity index (χ0v) is 6.86. The van der Waals surface area contributed by atoms with Gasteiger partial charge in [0.05, 0.1) is 6.61 Å². The van der Waals surface area contributed by atoms with Gasteiger partial charge < -0.3 is 4.74 Å². The molecule has 0 aromatic rings. The third kappa shape index (κ3) is 1.11. The fourth-order valence-corrected chi connectivity index (χ4v) is 1.18. The smallest absolute Gasteiger partial charge is 0.181 e. The Hall–Kier alpha value is -0.0500. The van der Waals surface area contributed by atoms with Crippen LogP contribution >= 0.6 is 17.0 Å². The van der Waals surface area contributed by atoms with Crippen molar-refractivity contribution < 1.29 is 4.74 Å². The highest BCUT2D eigenvalue weighted by Crippen LogP contribution is 2.52. The topological polar surface area (TPSA) is 33.1 Å². The van der Waals surface area contributed by atoms with Gasteiger partial charge in [-0.15, -0.1) is 17.0 Å². The van der Waals surface area contributed by atoms with Crippen LogP contribution in [0.4, 0.5) is 0 Å². The highest BCUT2D eigenvalue weighted by Gasteiger charge is 2.48. The van der Waals surface area contributed by atoms with Crippen LogP contribution in [0.2, 0.25) is 0 Å². The summed E-state index contributed by atoms with van der Waals surface area (Å²) in [5.41, 5.74) is 0.469. The van der Waals surface area contributed by atoms with Crippen LogP contribution in [0.25, 0.3) is 0 Å². The van der Waals surface area contributed by atoms with Gasteiger partial charge in [-0.05, 0) is 12.8 Å². The summed E-state index contributed by atoms with van der Waals surface area (Å²) in [5, 5.41) is 7.12. The van der Waals surface area contributed by atoms with Crippen molar-refractivity contribution >= 4 is 22.9 Å². The fourth-order valence-electron chi connectivity index (χ4n) is 1.18. The summed E-state index contributed by atoms with van der Waals surface area (Å²) in [6, 6.07) is 0. The molecule has 1 aliphatic carbocycles. The predicted molar refractivity (Wildman–Crippen MR) is 40.3 cm³/mol. The lowest BCUT2D eigenvalue weighted by atomic mass is 10.1. The van der Waals surface area contributed by atoms with Crippen LogP contribution in [-0.4, -0.2) is 12.5 Å². The number of nitrogens with one attached hydrogen (secondary N) is 1. The molecule has 3 heteroatoms. The van der Waals surface area contributed by atoms with Crippen molar-refractivity contribution in [3.05, 3.63) is 0 Å². The molecule has 2 rings (SSSR count). The Kier molecular flexibility index (Phi) is 1.55. The first-order valence-electron chi connectivity index (χ1n) is 3.01. The Morgan fingerprint density at radius 1 is 1.44 bits per heavy atom. The summed E-state index contributed by atoms with van der Waals surface area (Å²) < 4.78 is 5.01. The van der Waals surface area contributed by atoms with Gasteiger partial charge in [0.1, 0.15) is 0 Å². The molecule has 2 fully saturated rings. The molecular formula is C6H10BrNO. The molecule has 0 atom stereocenters. The Morgan fingerprint density at radius 3 is 2.33 bits per heavy atom. The van der Waals surface area contributed by atoms with Gasteiger partial charge in [-0.1, -0.05) is 0 Å². The van der Waals surface area contributed by atoms with Gasteiger partial charge >= 0.3 is 0 Å². The molecule has 0 bridgehead atoms. The van der Waals surface area contributed by atoms with E-state index in [2.05, 4.69) is 0 Å². The molecule has 1 N–H and O–H groups in total. The molecular weight excluding hydrogens is 182 g/mol. The average molecular weight is 192 g/mol. The molecule has 1 aliphatic heterocycles. The molecule has 52 valence electrons. The number of ether oxygens (including phenoxy) is 1. The zero-order valence-electron chi connectivity index (χ0n) is 5.14. The maximum absolute atomic E-state index is 7.12. The minimum atomic E-state index is 0. The first-order valence-corrected chi connectivity index (χ1v) is 3.01. The maximum Gasteiger partial charge on any atom is 0.181 e. The fraction of sp³-hybridized carbons (Fsp3) is 0.833. The van der Waals surface area contributed by atoms with E-state index in [1.165, 1.54) is 12.8 Å². The summed E-state index contributed by atoms with van der Waals surface area (Å²) in [6.07, 6.45) is 3.48. The van der Waals surface area contributed by atoms with Crippen LogP contribution in [-0.2, 0) is 4.74 Å². The van der Waals surface area contributed by atoms with E-state index < -0.39 is 0 Å². The molecule has 1 saturated heterocycles. The molecule has 0 aromatic carbocycles. The van der Waals surface area contributed by atoms with Crippen molar-refractivity contribution in [1.82, 2.24) is 0 Å². The minimum Gasteiger partial charge on any atom is -0.481 e. The van der Waals surface area contributed by atoms with Crippen molar-refractivity contribution in [3.8, 4) is 0 Å². The van der Waals surface area contributed by atoms with E-state index in [0.717, 1.165) is 13.0 Å².